The van der Waals surface area contributed by atoms with Crippen molar-refractivity contribution in [2.75, 3.05) is 18.4 Å². The number of nitrogens with one attached hydrogen (secondary N) is 2. The number of benzene rings is 2. The van der Waals surface area contributed by atoms with E-state index in [0.29, 0.717) is 19.6 Å². The van der Waals surface area contributed by atoms with Gasteiger partial charge in [0, 0.05) is 25.3 Å². The highest BCUT2D eigenvalue weighted by Gasteiger charge is 2.39. The highest BCUT2D eigenvalue weighted by Crippen LogP contribution is 2.30. The largest absolute Gasteiger partial charge is 0.351 e. The number of nitrogens with zero attached hydrogens (tertiary/aromatic N) is 1. The Kier molecular flexibility index (Phi) is 6.20. The number of halogens is 1. The number of anilines is 1. The van der Waals surface area contributed by atoms with Crippen molar-refractivity contribution in [1.82, 2.24) is 10.2 Å². The van der Waals surface area contributed by atoms with Gasteiger partial charge in [0.2, 0.25) is 5.91 Å². The monoisotopic (exact) mass is 397 g/mol. The molecule has 2 aromatic rings. The third-order valence-electron chi connectivity index (χ3n) is 5.52. The Bertz CT molecular complexity index is 897. The van der Waals surface area contributed by atoms with Crippen molar-refractivity contribution in [3.8, 4) is 0 Å². The summed E-state index contributed by atoms with van der Waals surface area (Å²) in [5, 5.41) is 5.90. The number of piperidine rings is 1. The van der Waals surface area contributed by atoms with Gasteiger partial charge in [-0.2, -0.15) is 0 Å². The number of rotatable bonds is 4. The second-order valence-electron chi connectivity index (χ2n) is 8.14. The van der Waals surface area contributed by atoms with Gasteiger partial charge in [0.25, 0.3) is 0 Å². The van der Waals surface area contributed by atoms with Crippen LogP contribution in [0.5, 0.6) is 0 Å². The number of aryl methyl sites for hydroxylation is 2. The zero-order valence-corrected chi connectivity index (χ0v) is 17.2. The molecule has 6 heteroatoms. The SMILES string of the molecule is Cc1ccc(NC(=O)N2CCC[C@@](C)(C(=O)NCc3ccc(F)cc3)C2)c(C)c1. The van der Waals surface area contributed by atoms with Gasteiger partial charge in [-0.15, -0.1) is 0 Å². The number of hydrogen-bond donors (Lipinski definition) is 2. The summed E-state index contributed by atoms with van der Waals surface area (Å²) in [6.07, 6.45) is 1.48. The average molecular weight is 397 g/mol. The first-order chi connectivity index (χ1) is 13.8. The molecule has 1 aliphatic heterocycles. The van der Waals surface area contributed by atoms with E-state index >= 15 is 0 Å². The first kappa shape index (κ1) is 20.8. The quantitative estimate of drug-likeness (QED) is 0.804. The third kappa shape index (κ3) is 5.13. The van der Waals surface area contributed by atoms with Crippen LogP contribution in [-0.2, 0) is 11.3 Å². The Morgan fingerprint density at radius 3 is 2.55 bits per heavy atom. The van der Waals surface area contributed by atoms with Crippen LogP contribution in [0.25, 0.3) is 0 Å². The maximum atomic E-state index is 13.0. The number of carbonyl (C=O) groups is 2. The van der Waals surface area contributed by atoms with Crippen molar-refractivity contribution >= 4 is 17.6 Å². The van der Waals surface area contributed by atoms with Crippen LogP contribution in [0.15, 0.2) is 42.5 Å². The zero-order valence-electron chi connectivity index (χ0n) is 17.2. The molecule has 0 unspecified atom stereocenters. The Balaban J connectivity index is 1.60. The molecule has 0 radical (unpaired) electrons. The molecule has 0 spiro atoms. The number of carbonyl (C=O) groups excluding carboxylic acids is 2. The molecule has 0 saturated carbocycles. The summed E-state index contributed by atoms with van der Waals surface area (Å²) in [6.45, 7) is 7.19. The molecule has 1 atom stereocenters. The molecule has 154 valence electrons. The van der Waals surface area contributed by atoms with E-state index in [2.05, 4.69) is 10.6 Å². The van der Waals surface area contributed by atoms with Gasteiger partial charge in [-0.05, 0) is 62.9 Å². The molecule has 1 heterocycles. The Morgan fingerprint density at radius 2 is 1.86 bits per heavy atom. The number of hydrogen-bond acceptors (Lipinski definition) is 2. The second kappa shape index (κ2) is 8.64. The van der Waals surface area contributed by atoms with Crippen molar-refractivity contribution in [1.29, 1.82) is 0 Å². The van der Waals surface area contributed by atoms with Crippen molar-refractivity contribution in [2.45, 2.75) is 40.2 Å². The predicted octanol–water partition coefficient (Wildman–Crippen LogP) is 4.39. The van der Waals surface area contributed by atoms with E-state index in [1.807, 2.05) is 39.0 Å². The summed E-state index contributed by atoms with van der Waals surface area (Å²) in [5.74, 6) is -0.393. The van der Waals surface area contributed by atoms with Crippen LogP contribution in [0.1, 0.15) is 36.5 Å². The fourth-order valence-corrected chi connectivity index (χ4v) is 3.74. The van der Waals surface area contributed by atoms with Gasteiger partial charge in [-0.25, -0.2) is 9.18 Å². The van der Waals surface area contributed by atoms with Crippen molar-refractivity contribution in [3.63, 3.8) is 0 Å². The van der Waals surface area contributed by atoms with Crippen LogP contribution in [0.2, 0.25) is 0 Å². The molecule has 3 amide bonds. The lowest BCUT2D eigenvalue weighted by molar-refractivity contribution is -0.132. The number of amides is 3. The molecule has 0 aromatic heterocycles. The van der Waals surface area contributed by atoms with E-state index in [-0.39, 0.29) is 17.8 Å². The van der Waals surface area contributed by atoms with E-state index in [4.69, 9.17) is 0 Å². The van der Waals surface area contributed by atoms with E-state index in [1.54, 1.807) is 17.0 Å². The molecule has 1 aliphatic rings. The van der Waals surface area contributed by atoms with Crippen molar-refractivity contribution in [2.24, 2.45) is 5.41 Å². The lowest BCUT2D eigenvalue weighted by Crippen LogP contribution is -2.52. The Hall–Kier alpha value is -2.89. The number of likely N-dealkylation sites (tertiary alicyclic amines) is 1. The van der Waals surface area contributed by atoms with E-state index < -0.39 is 5.41 Å². The normalized spacial score (nSPS) is 19.0. The minimum Gasteiger partial charge on any atom is -0.351 e. The second-order valence-corrected chi connectivity index (χ2v) is 8.14. The molecule has 2 aromatic carbocycles. The topological polar surface area (TPSA) is 61.4 Å². The summed E-state index contributed by atoms with van der Waals surface area (Å²) >= 11 is 0. The Labute approximate surface area is 171 Å². The molecule has 5 nitrogen and oxygen atoms in total. The van der Waals surface area contributed by atoms with Gasteiger partial charge in [-0.1, -0.05) is 29.8 Å². The van der Waals surface area contributed by atoms with Crippen LogP contribution in [0, 0.1) is 25.1 Å². The van der Waals surface area contributed by atoms with E-state index in [9.17, 15) is 14.0 Å². The van der Waals surface area contributed by atoms with Gasteiger partial charge >= 0.3 is 6.03 Å². The fraction of sp³-hybridized carbons (Fsp3) is 0.391. The zero-order chi connectivity index (χ0) is 21.0. The lowest BCUT2D eigenvalue weighted by atomic mass is 9.81. The van der Waals surface area contributed by atoms with Crippen LogP contribution in [0.3, 0.4) is 0 Å². The standard InChI is InChI=1S/C23H28FN3O2/c1-16-5-10-20(17(2)13-16)26-22(29)27-12-4-11-23(3,15-27)21(28)25-14-18-6-8-19(24)9-7-18/h5-10,13H,4,11-12,14-15H2,1-3H3,(H,25,28)(H,26,29)/t23-/m1/s1. The van der Waals surface area contributed by atoms with Crippen molar-refractivity contribution < 1.29 is 14.0 Å². The molecule has 29 heavy (non-hydrogen) atoms. The molecule has 0 aliphatic carbocycles. The first-order valence-corrected chi connectivity index (χ1v) is 9.93. The highest BCUT2D eigenvalue weighted by molar-refractivity contribution is 5.91. The summed E-state index contributed by atoms with van der Waals surface area (Å²) in [6, 6.07) is 11.8. The molecular formula is C23H28FN3O2. The molecule has 2 N–H and O–H groups in total. The molecule has 0 bridgehead atoms. The van der Waals surface area contributed by atoms with Crippen LogP contribution in [-0.4, -0.2) is 29.9 Å². The van der Waals surface area contributed by atoms with Gasteiger partial charge in [0.1, 0.15) is 5.82 Å². The summed E-state index contributed by atoms with van der Waals surface area (Å²) < 4.78 is 13.0. The summed E-state index contributed by atoms with van der Waals surface area (Å²) in [5.41, 5.74) is 3.12. The summed E-state index contributed by atoms with van der Waals surface area (Å²) in [7, 11) is 0. The Morgan fingerprint density at radius 1 is 1.14 bits per heavy atom. The highest BCUT2D eigenvalue weighted by atomic mass is 19.1. The first-order valence-electron chi connectivity index (χ1n) is 9.93. The predicted molar refractivity (Wildman–Crippen MR) is 112 cm³/mol. The van der Waals surface area contributed by atoms with Crippen molar-refractivity contribution in [3.05, 3.63) is 65.0 Å². The van der Waals surface area contributed by atoms with Crippen LogP contribution >= 0.6 is 0 Å². The average Bonchev–Trinajstić information content (AvgIpc) is 2.69. The van der Waals surface area contributed by atoms with Crippen LogP contribution < -0.4 is 10.6 Å². The summed E-state index contributed by atoms with van der Waals surface area (Å²) in [4.78, 5) is 27.3. The van der Waals surface area contributed by atoms with Gasteiger partial charge < -0.3 is 15.5 Å². The lowest BCUT2D eigenvalue weighted by Gasteiger charge is -2.39. The van der Waals surface area contributed by atoms with E-state index in [1.165, 1.54) is 12.1 Å². The number of urea groups is 1. The maximum Gasteiger partial charge on any atom is 0.321 e. The van der Waals surface area contributed by atoms with Gasteiger partial charge in [0.15, 0.2) is 0 Å². The molecule has 1 fully saturated rings. The fourth-order valence-electron chi connectivity index (χ4n) is 3.74. The van der Waals surface area contributed by atoms with E-state index in [0.717, 1.165) is 35.2 Å². The maximum absolute atomic E-state index is 13.0. The minimum absolute atomic E-state index is 0.0918. The third-order valence-corrected chi connectivity index (χ3v) is 5.52. The smallest absolute Gasteiger partial charge is 0.321 e. The molecular weight excluding hydrogens is 369 g/mol. The van der Waals surface area contributed by atoms with Gasteiger partial charge in [-0.3, -0.25) is 4.79 Å². The minimum atomic E-state index is -0.655. The molecule has 3 rings (SSSR count). The van der Waals surface area contributed by atoms with Gasteiger partial charge in [0.05, 0.1) is 5.41 Å². The molecule has 1 saturated heterocycles. The van der Waals surface area contributed by atoms with Crippen LogP contribution in [0.4, 0.5) is 14.9 Å².